The van der Waals surface area contributed by atoms with Gasteiger partial charge in [0, 0.05) is 10.7 Å². The Kier molecular flexibility index (Phi) is 6.51. The highest BCUT2D eigenvalue weighted by Gasteiger charge is 2.26. The number of hydrogen-bond donors (Lipinski definition) is 2. The van der Waals surface area contributed by atoms with Crippen LogP contribution in [0.15, 0.2) is 35.2 Å². The van der Waals surface area contributed by atoms with Crippen LogP contribution in [0.4, 0.5) is 5.69 Å². The van der Waals surface area contributed by atoms with Crippen molar-refractivity contribution in [2.45, 2.75) is 38.6 Å². The molecular formula is C19H23ClN2O4S. The Hall–Kier alpha value is -2.09. The third-order valence-corrected chi connectivity index (χ3v) is 5.86. The fraction of sp³-hybridized carbons (Fsp3) is 0.316. The molecule has 27 heavy (non-hydrogen) atoms. The zero-order valence-electron chi connectivity index (χ0n) is 15.9. The normalized spacial score (nSPS) is 12.5. The lowest BCUT2D eigenvalue weighted by Gasteiger charge is -2.18. The minimum atomic E-state index is -4.01. The van der Waals surface area contributed by atoms with Gasteiger partial charge in [-0.2, -0.15) is 4.72 Å². The first-order valence-corrected chi connectivity index (χ1v) is 10.2. The van der Waals surface area contributed by atoms with E-state index in [2.05, 4.69) is 10.0 Å². The maximum atomic E-state index is 12.7. The Balaban J connectivity index is 2.22. The maximum Gasteiger partial charge on any atom is 0.245 e. The molecule has 0 aliphatic carbocycles. The molecule has 0 radical (unpaired) electrons. The van der Waals surface area contributed by atoms with Crippen molar-refractivity contribution in [3.8, 4) is 5.75 Å². The van der Waals surface area contributed by atoms with Crippen LogP contribution in [-0.4, -0.2) is 27.5 Å². The SMILES string of the molecule is COc1ccc(Cl)cc1S(=O)(=O)N[C@H](C)C(=O)Nc1c(C)cc(C)cc1C. The number of ether oxygens (including phenoxy) is 1. The molecule has 0 heterocycles. The molecule has 2 N–H and O–H groups in total. The lowest BCUT2D eigenvalue weighted by Crippen LogP contribution is -2.41. The first kappa shape index (κ1) is 21.2. The fourth-order valence-electron chi connectivity index (χ4n) is 2.82. The summed E-state index contributed by atoms with van der Waals surface area (Å²) < 4.78 is 32.8. The summed E-state index contributed by atoms with van der Waals surface area (Å²) >= 11 is 5.91. The van der Waals surface area contributed by atoms with Crippen LogP contribution in [0.3, 0.4) is 0 Å². The smallest absolute Gasteiger partial charge is 0.245 e. The topological polar surface area (TPSA) is 84.5 Å². The van der Waals surface area contributed by atoms with E-state index in [0.29, 0.717) is 5.69 Å². The van der Waals surface area contributed by atoms with E-state index in [9.17, 15) is 13.2 Å². The van der Waals surface area contributed by atoms with Crippen molar-refractivity contribution in [1.29, 1.82) is 0 Å². The summed E-state index contributed by atoms with van der Waals surface area (Å²) in [6.07, 6.45) is 0. The third kappa shape index (κ3) is 5.00. The molecule has 0 aliphatic heterocycles. The van der Waals surface area contributed by atoms with Gasteiger partial charge in [0.25, 0.3) is 0 Å². The minimum absolute atomic E-state index is 0.125. The van der Waals surface area contributed by atoms with E-state index in [-0.39, 0.29) is 15.7 Å². The van der Waals surface area contributed by atoms with Crippen molar-refractivity contribution in [2.75, 3.05) is 12.4 Å². The van der Waals surface area contributed by atoms with E-state index < -0.39 is 22.0 Å². The second-order valence-corrected chi connectivity index (χ2v) is 8.52. The number of benzene rings is 2. The number of amides is 1. The number of halogens is 1. The van der Waals surface area contributed by atoms with E-state index >= 15 is 0 Å². The monoisotopic (exact) mass is 410 g/mol. The van der Waals surface area contributed by atoms with E-state index in [1.165, 1.54) is 32.2 Å². The van der Waals surface area contributed by atoms with Crippen LogP contribution in [0, 0.1) is 20.8 Å². The summed E-state index contributed by atoms with van der Waals surface area (Å²) in [5, 5.41) is 3.05. The van der Waals surface area contributed by atoms with Crippen molar-refractivity contribution >= 4 is 33.2 Å². The lowest BCUT2D eigenvalue weighted by atomic mass is 10.0. The summed E-state index contributed by atoms with van der Waals surface area (Å²) in [4.78, 5) is 12.4. The highest BCUT2D eigenvalue weighted by Crippen LogP contribution is 2.27. The number of anilines is 1. The molecule has 8 heteroatoms. The van der Waals surface area contributed by atoms with E-state index in [4.69, 9.17) is 16.3 Å². The van der Waals surface area contributed by atoms with Crippen LogP contribution in [0.2, 0.25) is 5.02 Å². The first-order chi connectivity index (χ1) is 12.5. The van der Waals surface area contributed by atoms with Gasteiger partial charge in [0.1, 0.15) is 10.6 Å². The number of hydrogen-bond acceptors (Lipinski definition) is 4. The van der Waals surface area contributed by atoms with Crippen LogP contribution >= 0.6 is 11.6 Å². The summed E-state index contributed by atoms with van der Waals surface area (Å²) in [5.41, 5.74) is 3.58. The van der Waals surface area contributed by atoms with Crippen molar-refractivity contribution < 1.29 is 17.9 Å². The highest BCUT2D eigenvalue weighted by atomic mass is 35.5. The first-order valence-electron chi connectivity index (χ1n) is 8.29. The number of aryl methyl sites for hydroxylation is 3. The average Bonchev–Trinajstić information content (AvgIpc) is 2.57. The molecule has 2 aromatic rings. The number of sulfonamides is 1. The summed E-state index contributed by atoms with van der Waals surface area (Å²) in [7, 11) is -2.65. The molecule has 2 rings (SSSR count). The molecule has 0 aliphatic rings. The van der Waals surface area contributed by atoms with Crippen LogP contribution in [-0.2, 0) is 14.8 Å². The Morgan fingerprint density at radius 1 is 1.11 bits per heavy atom. The molecule has 0 fully saturated rings. The van der Waals surface area contributed by atoms with Gasteiger partial charge in [-0.25, -0.2) is 8.42 Å². The zero-order chi connectivity index (χ0) is 20.4. The van der Waals surface area contributed by atoms with Crippen molar-refractivity contribution in [3.63, 3.8) is 0 Å². The summed E-state index contributed by atoms with van der Waals surface area (Å²) in [6.45, 7) is 7.23. The quantitative estimate of drug-likeness (QED) is 0.762. The van der Waals surface area contributed by atoms with Gasteiger partial charge in [0.05, 0.1) is 13.2 Å². The van der Waals surface area contributed by atoms with Gasteiger partial charge in [-0.3, -0.25) is 4.79 Å². The van der Waals surface area contributed by atoms with Crippen LogP contribution in [0.25, 0.3) is 0 Å². The van der Waals surface area contributed by atoms with Gasteiger partial charge < -0.3 is 10.1 Å². The Labute approximate surface area is 164 Å². The van der Waals surface area contributed by atoms with Gasteiger partial charge in [-0.05, 0) is 57.0 Å². The molecule has 0 unspecified atom stereocenters. The molecular weight excluding hydrogens is 388 g/mol. The number of methoxy groups -OCH3 is 1. The molecule has 0 spiro atoms. The number of carbonyl (C=O) groups excluding carboxylic acids is 1. The van der Waals surface area contributed by atoms with Gasteiger partial charge in [0.2, 0.25) is 15.9 Å². The van der Waals surface area contributed by atoms with Crippen molar-refractivity contribution in [2.24, 2.45) is 0 Å². The predicted molar refractivity (Wildman–Crippen MR) is 107 cm³/mol. The minimum Gasteiger partial charge on any atom is -0.495 e. The van der Waals surface area contributed by atoms with Gasteiger partial charge in [-0.1, -0.05) is 29.3 Å². The van der Waals surface area contributed by atoms with Gasteiger partial charge in [-0.15, -0.1) is 0 Å². The molecule has 0 saturated heterocycles. The third-order valence-electron chi connectivity index (χ3n) is 4.07. The summed E-state index contributed by atoms with van der Waals surface area (Å²) in [5.74, 6) is -0.320. The van der Waals surface area contributed by atoms with Crippen LogP contribution in [0.1, 0.15) is 23.6 Å². The molecule has 1 atom stereocenters. The molecule has 0 aromatic heterocycles. The average molecular weight is 411 g/mol. The highest BCUT2D eigenvalue weighted by molar-refractivity contribution is 7.89. The number of nitrogens with one attached hydrogen (secondary N) is 2. The fourth-order valence-corrected chi connectivity index (χ4v) is 4.45. The number of carbonyl (C=O) groups is 1. The largest absolute Gasteiger partial charge is 0.495 e. The van der Waals surface area contributed by atoms with Crippen molar-refractivity contribution in [1.82, 2.24) is 4.72 Å². The van der Waals surface area contributed by atoms with Crippen LogP contribution < -0.4 is 14.8 Å². The zero-order valence-corrected chi connectivity index (χ0v) is 17.5. The van der Waals surface area contributed by atoms with Gasteiger partial charge >= 0.3 is 0 Å². The van der Waals surface area contributed by atoms with Crippen LogP contribution in [0.5, 0.6) is 5.75 Å². The second kappa shape index (κ2) is 8.29. The standard InChI is InChI=1S/C19H23ClN2O4S/c1-11-8-12(2)18(13(3)9-11)21-19(23)14(4)22-27(24,25)17-10-15(20)6-7-16(17)26-5/h6-10,14,22H,1-5H3,(H,21,23)/t14-/m1/s1. The van der Waals surface area contributed by atoms with Gasteiger partial charge in [0.15, 0.2) is 0 Å². The molecule has 0 bridgehead atoms. The second-order valence-electron chi connectivity index (χ2n) is 6.40. The molecule has 6 nitrogen and oxygen atoms in total. The molecule has 146 valence electrons. The van der Waals surface area contributed by atoms with Crippen molar-refractivity contribution in [3.05, 3.63) is 52.0 Å². The predicted octanol–water partition coefficient (Wildman–Crippen LogP) is 3.58. The Morgan fingerprint density at radius 3 is 2.26 bits per heavy atom. The molecule has 0 saturated carbocycles. The number of rotatable bonds is 6. The summed E-state index contributed by atoms with van der Waals surface area (Å²) in [6, 6.07) is 7.17. The lowest BCUT2D eigenvalue weighted by molar-refractivity contribution is -0.117. The Bertz CT molecular complexity index is 951. The molecule has 2 aromatic carbocycles. The van der Waals surface area contributed by atoms with E-state index in [1.54, 1.807) is 0 Å². The maximum absolute atomic E-state index is 12.7. The van der Waals surface area contributed by atoms with E-state index in [0.717, 1.165) is 16.7 Å². The Morgan fingerprint density at radius 2 is 1.70 bits per heavy atom. The van der Waals surface area contributed by atoms with E-state index in [1.807, 2.05) is 32.9 Å². The molecule has 1 amide bonds.